The molecule has 7 heteroatoms. The number of primary amides is 1. The van der Waals surface area contributed by atoms with Crippen LogP contribution in [0.2, 0.25) is 0 Å². The molecule has 1 aliphatic heterocycles. The lowest BCUT2D eigenvalue weighted by Gasteiger charge is -2.35. The smallest absolute Gasteiger partial charge is 0.252 e. The quantitative estimate of drug-likeness (QED) is 0.144. The molecule has 0 spiro atoms. The molecule has 1 saturated heterocycles. The van der Waals surface area contributed by atoms with Crippen LogP contribution in [0.4, 0.5) is 0 Å². The van der Waals surface area contributed by atoms with Crippen molar-refractivity contribution in [2.24, 2.45) is 10.7 Å². The summed E-state index contributed by atoms with van der Waals surface area (Å²) in [6, 6.07) is 5.21. The maximum Gasteiger partial charge on any atom is 0.252 e. The Hall–Kier alpha value is -3.09. The number of amides is 1. The summed E-state index contributed by atoms with van der Waals surface area (Å²) in [6.45, 7) is 16.1. The zero-order valence-corrected chi connectivity index (χ0v) is 22.4. The van der Waals surface area contributed by atoms with Gasteiger partial charge in [-0.25, -0.2) is 0 Å². The number of nitrogens with zero attached hydrogens (tertiary/aromatic N) is 2. The van der Waals surface area contributed by atoms with Gasteiger partial charge in [0, 0.05) is 24.7 Å². The van der Waals surface area contributed by atoms with Crippen LogP contribution in [0.1, 0.15) is 68.4 Å². The Balaban J connectivity index is 2.26. The topological polar surface area (TPSA) is 91.0 Å². The summed E-state index contributed by atoms with van der Waals surface area (Å²) < 4.78 is 0. The predicted octanol–water partition coefficient (Wildman–Crippen LogP) is 6.13. The van der Waals surface area contributed by atoms with E-state index >= 15 is 0 Å². The first kappa shape index (κ1) is 29.1. The number of nitrogens with one attached hydrogen (secondary N) is 1. The lowest BCUT2D eigenvalue weighted by atomic mass is 9.94. The highest BCUT2D eigenvalue weighted by molar-refractivity contribution is 6.31. The van der Waals surface area contributed by atoms with E-state index in [1.54, 1.807) is 18.2 Å². The van der Waals surface area contributed by atoms with Gasteiger partial charge >= 0.3 is 0 Å². The molecule has 6 nitrogen and oxygen atoms in total. The number of rotatable bonds is 11. The van der Waals surface area contributed by atoms with Gasteiger partial charge in [-0.3, -0.25) is 14.7 Å². The van der Waals surface area contributed by atoms with Crippen LogP contribution in [0.5, 0.6) is 5.75 Å². The molecule has 1 aliphatic rings. The van der Waals surface area contributed by atoms with Crippen LogP contribution in [0.3, 0.4) is 0 Å². The van der Waals surface area contributed by atoms with Crippen LogP contribution >= 0.6 is 11.6 Å². The second-order valence-corrected chi connectivity index (χ2v) is 9.40. The SMILES string of the molecule is C=C/C=C\C(C)=C(/C(=C)C)C(=NCCC)N/C(Cl)=C/CN1CCCCC1c1ccc(C(N)=O)c(O)c1. The molecule has 1 amide bonds. The molecule has 1 atom stereocenters. The van der Waals surface area contributed by atoms with Gasteiger partial charge in [0.25, 0.3) is 5.91 Å². The van der Waals surface area contributed by atoms with Crippen molar-refractivity contribution < 1.29 is 9.90 Å². The molecule has 0 saturated carbocycles. The number of carbonyl (C=O) groups is 1. The lowest BCUT2D eigenvalue weighted by Crippen LogP contribution is -2.34. The van der Waals surface area contributed by atoms with Gasteiger partial charge in [-0.15, -0.1) is 0 Å². The first-order valence-electron chi connectivity index (χ1n) is 12.4. The van der Waals surface area contributed by atoms with Crippen molar-refractivity contribution in [3.05, 3.63) is 88.7 Å². The number of carbonyl (C=O) groups excluding carboxylic acids is 1. The first-order valence-corrected chi connectivity index (χ1v) is 12.8. The number of likely N-dealkylation sites (tertiary alicyclic amines) is 1. The van der Waals surface area contributed by atoms with Gasteiger partial charge in [0.05, 0.1) is 5.56 Å². The van der Waals surface area contributed by atoms with Crippen LogP contribution in [0, 0.1) is 0 Å². The Bertz CT molecular complexity index is 1080. The van der Waals surface area contributed by atoms with Crippen LogP contribution in [-0.4, -0.2) is 41.4 Å². The lowest BCUT2D eigenvalue weighted by molar-refractivity contribution is 0.0997. The van der Waals surface area contributed by atoms with E-state index in [1.165, 1.54) is 0 Å². The number of hydrogen-bond donors (Lipinski definition) is 3. The summed E-state index contributed by atoms with van der Waals surface area (Å²) in [5, 5.41) is 14.0. The van der Waals surface area contributed by atoms with Gasteiger partial charge in [0.15, 0.2) is 0 Å². The number of halogens is 1. The molecule has 4 N–H and O–H groups in total. The summed E-state index contributed by atoms with van der Waals surface area (Å²) >= 11 is 6.67. The standard InChI is InChI=1S/C29H39ClN4O2/c1-6-8-11-21(5)27(20(3)4)29(32-16-7-2)33-26(30)15-18-34-17-10-9-12-24(34)22-13-14-23(28(31)36)25(35)19-22/h6,8,11,13-15,19,24,35H,1,3,7,9-10,12,16-18H2,2,4-5H3,(H2,31,36)(H,32,33)/b11-8-,26-15+,27-21+. The fourth-order valence-corrected chi connectivity index (χ4v) is 4.50. The van der Waals surface area contributed by atoms with E-state index in [4.69, 9.17) is 22.3 Å². The molecular formula is C29H39ClN4O2. The Morgan fingerprint density at radius 1 is 1.36 bits per heavy atom. The fraction of sp³-hybridized carbons (Fsp3) is 0.379. The fourth-order valence-electron chi connectivity index (χ4n) is 4.34. The van der Waals surface area contributed by atoms with E-state index in [0.29, 0.717) is 24.1 Å². The Morgan fingerprint density at radius 2 is 2.11 bits per heavy atom. The van der Waals surface area contributed by atoms with Crippen molar-refractivity contribution in [3.8, 4) is 5.75 Å². The van der Waals surface area contributed by atoms with Gasteiger partial charge in [-0.1, -0.05) is 62.4 Å². The molecule has 1 unspecified atom stereocenters. The molecule has 1 fully saturated rings. The number of benzene rings is 1. The van der Waals surface area contributed by atoms with E-state index in [2.05, 4.69) is 30.3 Å². The average molecular weight is 511 g/mol. The van der Waals surface area contributed by atoms with E-state index in [9.17, 15) is 9.90 Å². The van der Waals surface area contributed by atoms with E-state index in [0.717, 1.165) is 54.5 Å². The summed E-state index contributed by atoms with van der Waals surface area (Å²) in [6.07, 6.45) is 11.6. The zero-order chi connectivity index (χ0) is 26.7. The average Bonchev–Trinajstić information content (AvgIpc) is 2.84. The highest BCUT2D eigenvalue weighted by Gasteiger charge is 2.24. The van der Waals surface area contributed by atoms with Gasteiger partial charge < -0.3 is 16.2 Å². The van der Waals surface area contributed by atoms with Crippen molar-refractivity contribution >= 4 is 23.3 Å². The van der Waals surface area contributed by atoms with E-state index in [1.807, 2.05) is 38.1 Å². The molecular weight excluding hydrogens is 472 g/mol. The minimum Gasteiger partial charge on any atom is -0.507 e. The monoisotopic (exact) mass is 510 g/mol. The Labute approximate surface area is 220 Å². The second-order valence-electron chi connectivity index (χ2n) is 8.99. The third-order valence-electron chi connectivity index (χ3n) is 6.06. The van der Waals surface area contributed by atoms with Crippen LogP contribution < -0.4 is 11.1 Å². The van der Waals surface area contributed by atoms with Gasteiger partial charge in [-0.2, -0.15) is 0 Å². The number of aliphatic imine (C=N–C) groups is 1. The van der Waals surface area contributed by atoms with Crippen LogP contribution in [-0.2, 0) is 0 Å². The van der Waals surface area contributed by atoms with Crippen molar-refractivity contribution in [2.45, 2.75) is 52.5 Å². The van der Waals surface area contributed by atoms with Crippen molar-refractivity contribution in [1.82, 2.24) is 10.2 Å². The van der Waals surface area contributed by atoms with Crippen LogP contribution in [0.25, 0.3) is 0 Å². The third kappa shape index (κ3) is 8.25. The maximum absolute atomic E-state index is 11.5. The first-order chi connectivity index (χ1) is 17.2. The molecule has 1 heterocycles. The number of amidine groups is 1. The Kier molecular flexibility index (Phi) is 11.7. The third-order valence-corrected chi connectivity index (χ3v) is 6.31. The van der Waals surface area contributed by atoms with Crippen LogP contribution in [0.15, 0.2) is 82.5 Å². The molecule has 0 bridgehead atoms. The molecule has 36 heavy (non-hydrogen) atoms. The highest BCUT2D eigenvalue weighted by Crippen LogP contribution is 2.33. The maximum atomic E-state index is 11.5. The largest absolute Gasteiger partial charge is 0.507 e. The minimum absolute atomic E-state index is 0.0856. The number of piperidine rings is 1. The van der Waals surface area contributed by atoms with Gasteiger partial charge in [-0.05, 0) is 74.6 Å². The molecule has 0 aromatic heterocycles. The molecule has 0 aliphatic carbocycles. The number of phenols is 1. The summed E-state index contributed by atoms with van der Waals surface area (Å²) in [5.74, 6) is -0.0317. The molecule has 1 aromatic rings. The second kappa shape index (κ2) is 14.5. The van der Waals surface area contributed by atoms with Crippen molar-refractivity contribution in [1.29, 1.82) is 0 Å². The zero-order valence-electron chi connectivity index (χ0n) is 21.7. The molecule has 1 aromatic carbocycles. The molecule has 0 radical (unpaired) electrons. The van der Waals surface area contributed by atoms with Gasteiger partial charge in [0.1, 0.15) is 16.7 Å². The summed E-state index contributed by atoms with van der Waals surface area (Å²) in [7, 11) is 0. The van der Waals surface area contributed by atoms with Crippen molar-refractivity contribution in [3.63, 3.8) is 0 Å². The normalized spacial score (nSPS) is 18.2. The predicted molar refractivity (Wildman–Crippen MR) is 151 cm³/mol. The van der Waals surface area contributed by atoms with Crippen molar-refractivity contribution in [2.75, 3.05) is 19.6 Å². The number of nitrogens with two attached hydrogens (primary N) is 1. The number of aromatic hydroxyl groups is 1. The highest BCUT2D eigenvalue weighted by atomic mass is 35.5. The van der Waals surface area contributed by atoms with E-state index < -0.39 is 5.91 Å². The molecule has 194 valence electrons. The van der Waals surface area contributed by atoms with Gasteiger partial charge in [0.2, 0.25) is 0 Å². The molecule has 2 rings (SSSR count). The summed E-state index contributed by atoms with van der Waals surface area (Å²) in [5.41, 5.74) is 9.26. The number of allylic oxidation sites excluding steroid dienone is 4. The summed E-state index contributed by atoms with van der Waals surface area (Å²) in [4.78, 5) is 18.6. The Morgan fingerprint density at radius 3 is 2.72 bits per heavy atom. The van der Waals surface area contributed by atoms with E-state index in [-0.39, 0.29) is 17.4 Å². The minimum atomic E-state index is -0.640. The number of hydrogen-bond acceptors (Lipinski definition) is 4.